The van der Waals surface area contributed by atoms with Crippen LogP contribution >= 0.6 is 11.8 Å². The van der Waals surface area contributed by atoms with Crippen LogP contribution in [0.15, 0.2) is 47.3 Å². The molecule has 0 aliphatic heterocycles. The van der Waals surface area contributed by atoms with Crippen molar-refractivity contribution < 1.29 is 13.9 Å². The Morgan fingerprint density at radius 3 is 2.75 bits per heavy atom. The first-order valence-electron chi connectivity index (χ1n) is 8.02. The molecule has 0 aliphatic carbocycles. The number of hydrogen-bond acceptors (Lipinski definition) is 5. The molecule has 0 radical (unpaired) electrons. The lowest BCUT2D eigenvalue weighted by Gasteiger charge is -2.17. The number of furan rings is 1. The molecule has 2 heterocycles. The van der Waals surface area contributed by atoms with Gasteiger partial charge in [0.1, 0.15) is 11.8 Å². The molecule has 1 atom stereocenters. The minimum atomic E-state index is -0.257. The van der Waals surface area contributed by atoms with Gasteiger partial charge in [-0.05, 0) is 35.7 Å². The highest BCUT2D eigenvalue weighted by Gasteiger charge is 2.17. The van der Waals surface area contributed by atoms with Crippen LogP contribution in [-0.4, -0.2) is 29.9 Å². The maximum atomic E-state index is 12.2. The molecule has 0 aliphatic rings. The van der Waals surface area contributed by atoms with Gasteiger partial charge >= 0.3 is 0 Å². The van der Waals surface area contributed by atoms with Gasteiger partial charge in [0.05, 0.1) is 18.6 Å². The van der Waals surface area contributed by atoms with E-state index >= 15 is 0 Å². The molecule has 0 saturated carbocycles. The summed E-state index contributed by atoms with van der Waals surface area (Å²) in [5.74, 6) is 2.32. The standard InChI is InChI=1S/C18H24N2O3S/c1-14(2)10-22-11-16(17-4-3-9-23-17)20-18(21)13-24-12-15-5-7-19-8-6-15/h3-9,14,16H,10-13H2,1-2H3,(H,20,21)/t16-/m0/s1. The van der Waals surface area contributed by atoms with Crippen LogP contribution in [0.3, 0.4) is 0 Å². The van der Waals surface area contributed by atoms with E-state index in [0.29, 0.717) is 30.6 Å². The largest absolute Gasteiger partial charge is 0.467 e. The topological polar surface area (TPSA) is 64.4 Å². The lowest BCUT2D eigenvalue weighted by Crippen LogP contribution is -2.33. The van der Waals surface area contributed by atoms with Crippen molar-refractivity contribution in [3.05, 3.63) is 54.2 Å². The first-order valence-corrected chi connectivity index (χ1v) is 9.17. The molecule has 24 heavy (non-hydrogen) atoms. The Bertz CT molecular complexity index is 588. The highest BCUT2D eigenvalue weighted by Crippen LogP contribution is 2.16. The second-order valence-corrected chi connectivity index (χ2v) is 6.90. The van der Waals surface area contributed by atoms with E-state index < -0.39 is 0 Å². The van der Waals surface area contributed by atoms with Crippen molar-refractivity contribution in [1.29, 1.82) is 0 Å². The molecule has 0 aromatic carbocycles. The number of nitrogens with one attached hydrogen (secondary N) is 1. The van der Waals surface area contributed by atoms with Gasteiger partial charge in [0, 0.05) is 24.8 Å². The van der Waals surface area contributed by atoms with Gasteiger partial charge in [0.15, 0.2) is 0 Å². The van der Waals surface area contributed by atoms with E-state index in [1.807, 2.05) is 24.3 Å². The van der Waals surface area contributed by atoms with Gasteiger partial charge in [-0.15, -0.1) is 11.8 Å². The molecule has 1 N–H and O–H groups in total. The number of hydrogen-bond donors (Lipinski definition) is 1. The molecule has 0 fully saturated rings. The minimum absolute atomic E-state index is 0.0244. The highest BCUT2D eigenvalue weighted by molar-refractivity contribution is 7.99. The summed E-state index contributed by atoms with van der Waals surface area (Å²) < 4.78 is 11.1. The first-order chi connectivity index (χ1) is 11.6. The Morgan fingerprint density at radius 1 is 1.29 bits per heavy atom. The van der Waals surface area contributed by atoms with Crippen molar-refractivity contribution in [1.82, 2.24) is 10.3 Å². The van der Waals surface area contributed by atoms with Crippen LogP contribution in [0.2, 0.25) is 0 Å². The van der Waals surface area contributed by atoms with Gasteiger partial charge in [0.25, 0.3) is 0 Å². The summed E-state index contributed by atoms with van der Waals surface area (Å²) in [6.45, 7) is 5.25. The maximum absolute atomic E-state index is 12.2. The summed E-state index contributed by atoms with van der Waals surface area (Å²) in [5, 5.41) is 2.99. The second-order valence-electron chi connectivity index (χ2n) is 5.92. The van der Waals surface area contributed by atoms with E-state index in [1.54, 1.807) is 30.4 Å². The summed E-state index contributed by atoms with van der Waals surface area (Å²) in [6, 6.07) is 7.32. The third-order valence-electron chi connectivity index (χ3n) is 3.21. The number of amides is 1. The van der Waals surface area contributed by atoms with Gasteiger partial charge in [-0.25, -0.2) is 0 Å². The van der Waals surface area contributed by atoms with Crippen LogP contribution < -0.4 is 5.32 Å². The lowest BCUT2D eigenvalue weighted by molar-refractivity contribution is -0.120. The van der Waals surface area contributed by atoms with Crippen molar-refractivity contribution in [3.63, 3.8) is 0 Å². The molecule has 2 aromatic heterocycles. The van der Waals surface area contributed by atoms with Crippen molar-refractivity contribution in [2.75, 3.05) is 19.0 Å². The molecule has 2 rings (SSSR count). The predicted molar refractivity (Wildman–Crippen MR) is 95.6 cm³/mol. The van der Waals surface area contributed by atoms with E-state index in [9.17, 15) is 4.79 Å². The summed E-state index contributed by atoms with van der Waals surface area (Å²) in [6.07, 6.45) is 5.12. The molecule has 1 amide bonds. The molecule has 0 spiro atoms. The van der Waals surface area contributed by atoms with Crippen molar-refractivity contribution in [2.24, 2.45) is 5.92 Å². The average Bonchev–Trinajstić information content (AvgIpc) is 3.09. The summed E-state index contributed by atoms with van der Waals surface area (Å²) >= 11 is 1.57. The van der Waals surface area contributed by atoms with Gasteiger partial charge in [0.2, 0.25) is 5.91 Å². The number of ether oxygens (including phenoxy) is 1. The summed E-state index contributed by atoms with van der Waals surface area (Å²) in [7, 11) is 0. The SMILES string of the molecule is CC(C)COC[C@H](NC(=O)CSCc1ccncc1)c1ccco1. The Morgan fingerprint density at radius 2 is 2.08 bits per heavy atom. The number of carbonyl (C=O) groups is 1. The van der Waals surface area contributed by atoms with Crippen molar-refractivity contribution in [3.8, 4) is 0 Å². The number of rotatable bonds is 10. The van der Waals surface area contributed by atoms with Crippen LogP contribution in [0.25, 0.3) is 0 Å². The monoisotopic (exact) mass is 348 g/mol. The molecular weight excluding hydrogens is 324 g/mol. The van der Waals surface area contributed by atoms with E-state index in [0.717, 1.165) is 11.3 Å². The number of pyridine rings is 1. The van der Waals surface area contributed by atoms with Crippen molar-refractivity contribution in [2.45, 2.75) is 25.6 Å². The van der Waals surface area contributed by atoms with E-state index in [4.69, 9.17) is 9.15 Å². The van der Waals surface area contributed by atoms with Crippen LogP contribution in [0.4, 0.5) is 0 Å². The van der Waals surface area contributed by atoms with Gasteiger partial charge in [-0.3, -0.25) is 9.78 Å². The Labute approximate surface area is 147 Å². The fraction of sp³-hybridized carbons (Fsp3) is 0.444. The molecule has 0 bridgehead atoms. The molecule has 5 nitrogen and oxygen atoms in total. The fourth-order valence-electron chi connectivity index (χ4n) is 2.08. The van der Waals surface area contributed by atoms with Crippen LogP contribution in [-0.2, 0) is 15.3 Å². The molecule has 130 valence electrons. The Balaban J connectivity index is 1.78. The normalized spacial score (nSPS) is 12.3. The Kier molecular flexibility index (Phi) is 7.85. The summed E-state index contributed by atoms with van der Waals surface area (Å²) in [4.78, 5) is 16.2. The smallest absolute Gasteiger partial charge is 0.230 e. The quantitative estimate of drug-likeness (QED) is 0.712. The molecule has 6 heteroatoms. The van der Waals surface area contributed by atoms with E-state index in [2.05, 4.69) is 24.1 Å². The van der Waals surface area contributed by atoms with E-state index in [-0.39, 0.29) is 11.9 Å². The first kappa shape index (κ1) is 18.5. The minimum Gasteiger partial charge on any atom is -0.467 e. The van der Waals surface area contributed by atoms with Crippen LogP contribution in [0.5, 0.6) is 0 Å². The molecule has 0 saturated heterocycles. The number of aromatic nitrogens is 1. The molecule has 2 aromatic rings. The average molecular weight is 348 g/mol. The molecular formula is C18H24N2O3S. The zero-order chi connectivity index (χ0) is 17.2. The number of carbonyl (C=O) groups excluding carboxylic acids is 1. The predicted octanol–water partition coefficient (Wildman–Crippen LogP) is 3.44. The fourth-order valence-corrected chi connectivity index (χ4v) is 2.88. The van der Waals surface area contributed by atoms with Gasteiger partial charge < -0.3 is 14.5 Å². The zero-order valence-electron chi connectivity index (χ0n) is 14.1. The van der Waals surface area contributed by atoms with Crippen LogP contribution in [0, 0.1) is 5.92 Å². The zero-order valence-corrected chi connectivity index (χ0v) is 14.9. The van der Waals surface area contributed by atoms with Gasteiger partial charge in [-0.1, -0.05) is 13.8 Å². The third-order valence-corrected chi connectivity index (χ3v) is 4.21. The third kappa shape index (κ3) is 6.76. The number of nitrogens with zero attached hydrogens (tertiary/aromatic N) is 1. The number of thioether (sulfide) groups is 1. The summed E-state index contributed by atoms with van der Waals surface area (Å²) in [5.41, 5.74) is 1.16. The van der Waals surface area contributed by atoms with Crippen molar-refractivity contribution >= 4 is 17.7 Å². The Hall–Kier alpha value is -1.79. The molecule has 0 unspecified atom stereocenters. The van der Waals surface area contributed by atoms with Crippen LogP contribution in [0.1, 0.15) is 31.2 Å². The highest BCUT2D eigenvalue weighted by atomic mass is 32.2. The van der Waals surface area contributed by atoms with Gasteiger partial charge in [-0.2, -0.15) is 0 Å². The maximum Gasteiger partial charge on any atom is 0.230 e. The van der Waals surface area contributed by atoms with E-state index in [1.165, 1.54) is 0 Å². The second kappa shape index (κ2) is 10.2. The lowest BCUT2D eigenvalue weighted by atomic mass is 10.2.